The third-order valence-electron chi connectivity index (χ3n) is 4.52. The molecular formula is C14H20ClN5O. The average Bonchev–Trinajstić information content (AvgIpc) is 2.94. The van der Waals surface area contributed by atoms with Gasteiger partial charge in [-0.2, -0.15) is 19.6 Å². The lowest BCUT2D eigenvalue weighted by atomic mass is 9.77. The first-order chi connectivity index (χ1) is 10.0. The standard InChI is InChI=1S/C14H20ClN5O/c1-9-3-5-14(7-21,6-4-9)19-12-10(2)11(15)18-13-16-8-17-20(12)13/h8-9,19,21H,3-7H2,1-2H3. The zero-order valence-corrected chi connectivity index (χ0v) is 13.1. The van der Waals surface area contributed by atoms with Crippen LogP contribution in [0.1, 0.15) is 38.2 Å². The minimum Gasteiger partial charge on any atom is -0.394 e. The van der Waals surface area contributed by atoms with Gasteiger partial charge >= 0.3 is 0 Å². The Morgan fingerprint density at radius 1 is 1.48 bits per heavy atom. The summed E-state index contributed by atoms with van der Waals surface area (Å²) in [5.41, 5.74) is 0.502. The number of aliphatic hydroxyl groups excluding tert-OH is 1. The van der Waals surface area contributed by atoms with Crippen molar-refractivity contribution >= 4 is 23.2 Å². The van der Waals surface area contributed by atoms with Crippen LogP contribution in [0.4, 0.5) is 5.82 Å². The number of aromatic nitrogens is 4. The first-order valence-electron chi connectivity index (χ1n) is 7.29. The van der Waals surface area contributed by atoms with E-state index in [0.29, 0.717) is 16.8 Å². The molecule has 7 heteroatoms. The highest BCUT2D eigenvalue weighted by molar-refractivity contribution is 6.30. The van der Waals surface area contributed by atoms with Crippen LogP contribution in [-0.4, -0.2) is 36.8 Å². The summed E-state index contributed by atoms with van der Waals surface area (Å²) in [5.74, 6) is 1.94. The van der Waals surface area contributed by atoms with Gasteiger partial charge in [-0.3, -0.25) is 0 Å². The van der Waals surface area contributed by atoms with Crippen molar-refractivity contribution in [1.82, 2.24) is 19.6 Å². The number of aliphatic hydroxyl groups is 1. The van der Waals surface area contributed by atoms with Crippen LogP contribution < -0.4 is 5.32 Å². The van der Waals surface area contributed by atoms with Crippen molar-refractivity contribution in [3.8, 4) is 0 Å². The van der Waals surface area contributed by atoms with Gasteiger partial charge < -0.3 is 10.4 Å². The van der Waals surface area contributed by atoms with Crippen molar-refractivity contribution in [3.63, 3.8) is 0 Å². The molecule has 0 aliphatic heterocycles. The highest BCUT2D eigenvalue weighted by Crippen LogP contribution is 2.35. The zero-order valence-electron chi connectivity index (χ0n) is 12.3. The topological polar surface area (TPSA) is 75.3 Å². The Hall–Kier alpha value is -1.40. The minimum atomic E-state index is -0.319. The van der Waals surface area contributed by atoms with E-state index in [1.54, 1.807) is 4.52 Å². The molecule has 6 nitrogen and oxygen atoms in total. The van der Waals surface area contributed by atoms with Gasteiger partial charge in [-0.25, -0.2) is 0 Å². The van der Waals surface area contributed by atoms with Crippen LogP contribution in [0.3, 0.4) is 0 Å². The average molecular weight is 310 g/mol. The van der Waals surface area contributed by atoms with Crippen molar-refractivity contribution in [3.05, 3.63) is 17.0 Å². The van der Waals surface area contributed by atoms with Crippen LogP contribution in [0.25, 0.3) is 5.78 Å². The van der Waals surface area contributed by atoms with E-state index in [-0.39, 0.29) is 12.1 Å². The quantitative estimate of drug-likeness (QED) is 0.852. The fraction of sp³-hybridized carbons (Fsp3) is 0.643. The van der Waals surface area contributed by atoms with E-state index in [4.69, 9.17) is 11.6 Å². The highest BCUT2D eigenvalue weighted by atomic mass is 35.5. The molecule has 0 atom stereocenters. The maximum absolute atomic E-state index is 9.92. The minimum absolute atomic E-state index is 0.0926. The second-order valence-corrected chi connectivity index (χ2v) is 6.45. The first kappa shape index (κ1) is 14.5. The van der Waals surface area contributed by atoms with Crippen molar-refractivity contribution in [2.75, 3.05) is 11.9 Å². The Bertz CT molecular complexity index is 648. The summed E-state index contributed by atoms with van der Waals surface area (Å²) in [5, 5.41) is 18.0. The molecule has 0 amide bonds. The Morgan fingerprint density at radius 3 is 2.86 bits per heavy atom. The second kappa shape index (κ2) is 5.42. The highest BCUT2D eigenvalue weighted by Gasteiger charge is 2.35. The first-order valence-corrected chi connectivity index (χ1v) is 7.67. The lowest BCUT2D eigenvalue weighted by Crippen LogP contribution is -2.45. The Labute approximate surface area is 128 Å². The maximum atomic E-state index is 9.92. The third-order valence-corrected chi connectivity index (χ3v) is 4.89. The molecule has 0 unspecified atom stereocenters. The number of hydrogen-bond acceptors (Lipinski definition) is 5. The number of anilines is 1. The lowest BCUT2D eigenvalue weighted by molar-refractivity contribution is 0.154. The molecule has 3 rings (SSSR count). The molecule has 2 aromatic heterocycles. The van der Waals surface area contributed by atoms with E-state index in [9.17, 15) is 5.11 Å². The number of nitrogens with zero attached hydrogens (tertiary/aromatic N) is 4. The molecule has 1 fully saturated rings. The summed E-state index contributed by atoms with van der Waals surface area (Å²) in [6, 6.07) is 0. The van der Waals surface area contributed by atoms with Gasteiger partial charge in [-0.15, -0.1) is 0 Å². The monoisotopic (exact) mass is 309 g/mol. The molecule has 0 aromatic carbocycles. The van der Waals surface area contributed by atoms with Crippen LogP contribution in [-0.2, 0) is 0 Å². The zero-order chi connectivity index (χ0) is 15.0. The lowest BCUT2D eigenvalue weighted by Gasteiger charge is -2.39. The molecule has 0 spiro atoms. The predicted molar refractivity (Wildman–Crippen MR) is 81.6 cm³/mol. The summed E-state index contributed by atoms with van der Waals surface area (Å²) in [7, 11) is 0. The molecule has 0 bridgehead atoms. The van der Waals surface area contributed by atoms with Gasteiger partial charge in [0.2, 0.25) is 0 Å². The number of fused-ring (bicyclic) bond motifs is 1. The van der Waals surface area contributed by atoms with Crippen molar-refractivity contribution in [1.29, 1.82) is 0 Å². The van der Waals surface area contributed by atoms with E-state index in [0.717, 1.165) is 37.1 Å². The third kappa shape index (κ3) is 2.58. The van der Waals surface area contributed by atoms with Crippen molar-refractivity contribution in [2.45, 2.75) is 45.1 Å². The Morgan fingerprint density at radius 2 is 2.19 bits per heavy atom. The van der Waals surface area contributed by atoms with E-state index in [1.165, 1.54) is 6.33 Å². The molecule has 1 aliphatic carbocycles. The van der Waals surface area contributed by atoms with Gasteiger partial charge in [-0.05, 0) is 38.5 Å². The summed E-state index contributed by atoms with van der Waals surface area (Å²) < 4.78 is 1.65. The molecular weight excluding hydrogens is 290 g/mol. The van der Waals surface area contributed by atoms with E-state index < -0.39 is 0 Å². The van der Waals surface area contributed by atoms with E-state index in [1.807, 2.05) is 6.92 Å². The largest absolute Gasteiger partial charge is 0.394 e. The molecule has 21 heavy (non-hydrogen) atoms. The Kier molecular flexibility index (Phi) is 3.75. The normalized spacial score (nSPS) is 26.2. The summed E-state index contributed by atoms with van der Waals surface area (Å²) in [6.07, 6.45) is 5.52. The van der Waals surface area contributed by atoms with Crippen LogP contribution in [0.15, 0.2) is 6.33 Å². The SMILES string of the molecule is Cc1c(Cl)nc2ncnn2c1NC1(CO)CCC(C)CC1. The van der Waals surface area contributed by atoms with Crippen molar-refractivity contribution < 1.29 is 5.11 Å². The van der Waals surface area contributed by atoms with Crippen LogP contribution in [0, 0.1) is 12.8 Å². The molecule has 1 aliphatic rings. The summed E-state index contributed by atoms with van der Waals surface area (Å²) in [4.78, 5) is 8.29. The van der Waals surface area contributed by atoms with Gasteiger partial charge in [0, 0.05) is 5.56 Å². The number of hydrogen-bond donors (Lipinski definition) is 2. The van der Waals surface area contributed by atoms with Gasteiger partial charge in [-0.1, -0.05) is 18.5 Å². The van der Waals surface area contributed by atoms with Gasteiger partial charge in [0.1, 0.15) is 17.3 Å². The Balaban J connectivity index is 2.00. The summed E-state index contributed by atoms with van der Waals surface area (Å²) >= 11 is 6.18. The molecule has 2 heterocycles. The van der Waals surface area contributed by atoms with Gasteiger partial charge in [0.05, 0.1) is 12.1 Å². The molecule has 0 saturated heterocycles. The molecule has 1 saturated carbocycles. The van der Waals surface area contributed by atoms with Gasteiger partial charge in [0.15, 0.2) is 0 Å². The maximum Gasteiger partial charge on any atom is 0.255 e. The smallest absolute Gasteiger partial charge is 0.255 e. The van der Waals surface area contributed by atoms with Crippen LogP contribution >= 0.6 is 11.6 Å². The fourth-order valence-electron chi connectivity index (χ4n) is 2.93. The number of rotatable bonds is 3. The molecule has 2 N–H and O–H groups in total. The van der Waals surface area contributed by atoms with E-state index in [2.05, 4.69) is 27.3 Å². The second-order valence-electron chi connectivity index (χ2n) is 6.09. The number of nitrogens with one attached hydrogen (secondary N) is 1. The molecule has 2 aromatic rings. The number of halogens is 1. The van der Waals surface area contributed by atoms with Gasteiger partial charge in [0.25, 0.3) is 5.78 Å². The summed E-state index contributed by atoms with van der Waals surface area (Å²) in [6.45, 7) is 4.25. The molecule has 114 valence electrons. The predicted octanol–water partition coefficient (Wildman–Crippen LogP) is 2.44. The molecule has 0 radical (unpaired) electrons. The van der Waals surface area contributed by atoms with Crippen LogP contribution in [0.2, 0.25) is 5.15 Å². The van der Waals surface area contributed by atoms with E-state index >= 15 is 0 Å². The fourth-order valence-corrected chi connectivity index (χ4v) is 3.10. The van der Waals surface area contributed by atoms with Crippen molar-refractivity contribution in [2.24, 2.45) is 5.92 Å². The van der Waals surface area contributed by atoms with Crippen LogP contribution in [0.5, 0.6) is 0 Å².